The van der Waals surface area contributed by atoms with Crippen molar-refractivity contribution in [3.63, 3.8) is 0 Å². The van der Waals surface area contributed by atoms with Gasteiger partial charge >= 0.3 is 6.18 Å². The van der Waals surface area contributed by atoms with E-state index >= 15 is 0 Å². The molecule has 0 fully saturated rings. The van der Waals surface area contributed by atoms with Crippen molar-refractivity contribution < 1.29 is 31.1 Å². The highest BCUT2D eigenvalue weighted by Crippen LogP contribution is 2.35. The van der Waals surface area contributed by atoms with Crippen molar-refractivity contribution >= 4 is 5.91 Å². The van der Waals surface area contributed by atoms with Gasteiger partial charge in [-0.05, 0) is 23.3 Å². The Morgan fingerprint density at radius 2 is 1.85 bits per heavy atom. The number of nitrogens with two attached hydrogens (primary N) is 1. The van der Waals surface area contributed by atoms with Crippen LogP contribution in [0.4, 0.5) is 26.3 Å². The Bertz CT molecular complexity index is 1240. The van der Waals surface area contributed by atoms with Crippen molar-refractivity contribution in [1.82, 2.24) is 34.7 Å². The maximum absolute atomic E-state index is 13.9. The van der Waals surface area contributed by atoms with Gasteiger partial charge in [0.15, 0.2) is 11.6 Å². The Hall–Kier alpha value is -3.49. The number of halogens is 6. The number of hydrogen-bond acceptors (Lipinski definition) is 6. The molecule has 182 valence electrons. The van der Waals surface area contributed by atoms with E-state index in [1.807, 2.05) is 0 Å². The number of rotatable bonds is 5. The standard InChI is InChI=1S/C19H18F6N8O/c1-31-29-17(28-30-31)16-14-8-32(2-3-33(14)18(27-16)19(23,24)25)15(34)6-10(26)4-9-5-12(21)13(22)7-11(9)20/h5,7,10H,2-4,6,8,26H2,1H3/t10-/m1/s1. The predicted octanol–water partition coefficient (Wildman–Crippen LogP) is 1.81. The molecule has 1 atom stereocenters. The molecule has 1 aliphatic heterocycles. The summed E-state index contributed by atoms with van der Waals surface area (Å²) in [6, 6.07) is 0.129. The largest absolute Gasteiger partial charge is 0.449 e. The number of imidazole rings is 1. The first-order valence-corrected chi connectivity index (χ1v) is 10.0. The molecule has 0 saturated heterocycles. The lowest BCUT2D eigenvalue weighted by atomic mass is 10.0. The molecule has 4 rings (SSSR count). The van der Waals surface area contributed by atoms with Crippen molar-refractivity contribution in [2.24, 2.45) is 12.8 Å². The Kier molecular flexibility index (Phi) is 6.05. The number of amides is 1. The number of hydrogen-bond donors (Lipinski definition) is 1. The average molecular weight is 488 g/mol. The van der Waals surface area contributed by atoms with Crippen LogP contribution in [0.3, 0.4) is 0 Å². The number of carbonyl (C=O) groups is 1. The lowest BCUT2D eigenvalue weighted by Crippen LogP contribution is -2.42. The van der Waals surface area contributed by atoms with Gasteiger partial charge in [-0.3, -0.25) is 4.79 Å². The van der Waals surface area contributed by atoms with E-state index in [-0.39, 0.29) is 55.3 Å². The summed E-state index contributed by atoms with van der Waals surface area (Å²) in [5, 5.41) is 11.2. The number of aryl methyl sites for hydroxylation is 1. The molecule has 2 N–H and O–H groups in total. The quantitative estimate of drug-likeness (QED) is 0.434. The van der Waals surface area contributed by atoms with Crippen molar-refractivity contribution in [2.75, 3.05) is 6.54 Å². The molecule has 9 nitrogen and oxygen atoms in total. The SMILES string of the molecule is Cn1nnc(-c2nc(C(F)(F)F)n3c2CN(C(=O)C[C@H](N)Cc2cc(F)c(F)cc2F)CC3)n1. The van der Waals surface area contributed by atoms with E-state index in [1.54, 1.807) is 0 Å². The van der Waals surface area contributed by atoms with Crippen LogP contribution in [0.25, 0.3) is 11.5 Å². The third kappa shape index (κ3) is 4.60. The lowest BCUT2D eigenvalue weighted by molar-refractivity contribution is -0.148. The molecule has 0 saturated carbocycles. The van der Waals surface area contributed by atoms with E-state index in [4.69, 9.17) is 5.73 Å². The molecule has 1 aliphatic rings. The molecule has 34 heavy (non-hydrogen) atoms. The molecule has 3 heterocycles. The number of fused-ring (bicyclic) bond motifs is 1. The fraction of sp³-hybridized carbons (Fsp3) is 0.421. The van der Waals surface area contributed by atoms with Crippen molar-refractivity contribution in [1.29, 1.82) is 0 Å². The normalized spacial score (nSPS) is 14.9. The van der Waals surface area contributed by atoms with Gasteiger partial charge in [0.1, 0.15) is 11.5 Å². The molecular formula is C19H18F6N8O. The van der Waals surface area contributed by atoms with Crippen LogP contribution in [0, 0.1) is 17.5 Å². The molecule has 1 amide bonds. The predicted molar refractivity (Wildman–Crippen MR) is 103 cm³/mol. The number of aromatic nitrogens is 6. The zero-order valence-corrected chi connectivity index (χ0v) is 17.7. The fourth-order valence-electron chi connectivity index (χ4n) is 3.78. The van der Waals surface area contributed by atoms with Gasteiger partial charge in [0.05, 0.1) is 19.3 Å². The van der Waals surface area contributed by atoms with Gasteiger partial charge < -0.3 is 15.2 Å². The van der Waals surface area contributed by atoms with E-state index in [0.717, 1.165) is 9.36 Å². The van der Waals surface area contributed by atoms with E-state index in [1.165, 1.54) is 11.9 Å². The molecule has 1 aromatic carbocycles. The molecule has 0 radical (unpaired) electrons. The molecular weight excluding hydrogens is 470 g/mol. The molecule has 3 aromatic rings. The molecule has 0 bridgehead atoms. The summed E-state index contributed by atoms with van der Waals surface area (Å²) >= 11 is 0. The maximum atomic E-state index is 13.9. The van der Waals surface area contributed by atoms with Crippen LogP contribution >= 0.6 is 0 Å². The zero-order chi connectivity index (χ0) is 24.8. The van der Waals surface area contributed by atoms with Crippen LogP contribution in [0.5, 0.6) is 0 Å². The second kappa shape index (κ2) is 8.70. The first-order chi connectivity index (χ1) is 15.9. The number of benzene rings is 1. The maximum Gasteiger partial charge on any atom is 0.449 e. The van der Waals surface area contributed by atoms with E-state index in [0.29, 0.717) is 12.1 Å². The minimum absolute atomic E-state index is 0.0507. The van der Waals surface area contributed by atoms with E-state index < -0.39 is 41.4 Å². The van der Waals surface area contributed by atoms with E-state index in [2.05, 4.69) is 20.4 Å². The van der Waals surface area contributed by atoms with Gasteiger partial charge in [0.2, 0.25) is 17.6 Å². The summed E-state index contributed by atoms with van der Waals surface area (Å²) in [6.45, 7) is -0.456. The summed E-state index contributed by atoms with van der Waals surface area (Å²) in [6.07, 6.45) is -5.27. The summed E-state index contributed by atoms with van der Waals surface area (Å²) in [4.78, 5) is 18.8. The number of alkyl halides is 3. The van der Waals surface area contributed by atoms with Gasteiger partial charge in [-0.2, -0.15) is 18.0 Å². The summed E-state index contributed by atoms with van der Waals surface area (Å²) in [5.41, 5.74) is 5.67. The highest BCUT2D eigenvalue weighted by atomic mass is 19.4. The Balaban J connectivity index is 1.53. The van der Waals surface area contributed by atoms with Crippen LogP contribution in [0.15, 0.2) is 12.1 Å². The number of carbonyl (C=O) groups excluding carboxylic acids is 1. The number of tetrazole rings is 1. The molecule has 0 aliphatic carbocycles. The third-order valence-electron chi connectivity index (χ3n) is 5.34. The van der Waals surface area contributed by atoms with Crippen molar-refractivity contribution in [2.45, 2.75) is 38.1 Å². The minimum atomic E-state index is -4.74. The van der Waals surface area contributed by atoms with Crippen LogP contribution < -0.4 is 5.73 Å². The molecule has 2 aromatic heterocycles. The monoisotopic (exact) mass is 488 g/mol. The molecule has 0 unspecified atom stereocenters. The van der Waals surface area contributed by atoms with Gasteiger partial charge in [0.25, 0.3) is 0 Å². The van der Waals surface area contributed by atoms with Crippen molar-refractivity contribution in [3.8, 4) is 11.5 Å². The van der Waals surface area contributed by atoms with Gasteiger partial charge in [0, 0.05) is 31.6 Å². The van der Waals surface area contributed by atoms with Gasteiger partial charge in [-0.25, -0.2) is 18.2 Å². The van der Waals surface area contributed by atoms with Crippen molar-refractivity contribution in [3.05, 3.63) is 46.7 Å². The smallest absolute Gasteiger partial charge is 0.335 e. The highest BCUT2D eigenvalue weighted by molar-refractivity contribution is 5.77. The van der Waals surface area contributed by atoms with Crippen LogP contribution in [-0.4, -0.2) is 53.2 Å². The first kappa shape index (κ1) is 23.7. The topological polar surface area (TPSA) is 108 Å². The van der Waals surface area contributed by atoms with Crippen LogP contribution in [0.2, 0.25) is 0 Å². The average Bonchev–Trinajstić information content (AvgIpc) is 3.34. The summed E-state index contributed by atoms with van der Waals surface area (Å²) < 4.78 is 81.9. The third-order valence-corrected chi connectivity index (χ3v) is 5.34. The van der Waals surface area contributed by atoms with E-state index in [9.17, 15) is 31.1 Å². The van der Waals surface area contributed by atoms with Gasteiger partial charge in [-0.1, -0.05) is 0 Å². The zero-order valence-electron chi connectivity index (χ0n) is 17.7. The Morgan fingerprint density at radius 3 is 2.50 bits per heavy atom. The minimum Gasteiger partial charge on any atom is -0.335 e. The van der Waals surface area contributed by atoms with Crippen LogP contribution in [0.1, 0.15) is 23.5 Å². The second-order valence-electron chi connectivity index (χ2n) is 7.82. The first-order valence-electron chi connectivity index (χ1n) is 10.0. The Morgan fingerprint density at radius 1 is 1.15 bits per heavy atom. The highest BCUT2D eigenvalue weighted by Gasteiger charge is 2.41. The second-order valence-corrected chi connectivity index (χ2v) is 7.82. The molecule has 15 heteroatoms. The van der Waals surface area contributed by atoms with Crippen LogP contribution in [-0.2, 0) is 37.5 Å². The summed E-state index contributed by atoms with van der Waals surface area (Å²) in [5.74, 6) is -5.35. The summed E-state index contributed by atoms with van der Waals surface area (Å²) in [7, 11) is 1.44. The lowest BCUT2D eigenvalue weighted by Gasteiger charge is -2.30. The fourth-order valence-corrected chi connectivity index (χ4v) is 3.78. The molecule has 0 spiro atoms. The van der Waals surface area contributed by atoms with Gasteiger partial charge in [-0.15, -0.1) is 10.2 Å². The Labute approximate surface area is 188 Å². The number of nitrogens with zero attached hydrogens (tertiary/aromatic N) is 7.